The Labute approximate surface area is 199 Å². The van der Waals surface area contributed by atoms with Crippen molar-refractivity contribution in [1.29, 1.82) is 0 Å². The van der Waals surface area contributed by atoms with E-state index in [0.29, 0.717) is 11.7 Å². The van der Waals surface area contributed by atoms with Gasteiger partial charge in [-0.1, -0.05) is 17.4 Å². The number of rotatable bonds is 10. The molecule has 0 fully saturated rings. The quantitative estimate of drug-likeness (QED) is 0.388. The molecule has 0 aliphatic rings. The number of aromatic nitrogens is 1. The summed E-state index contributed by atoms with van der Waals surface area (Å²) in [4.78, 5) is 21.7. The summed E-state index contributed by atoms with van der Waals surface area (Å²) in [6.07, 6.45) is 1.06. The van der Waals surface area contributed by atoms with Crippen LogP contribution in [-0.4, -0.2) is 57.1 Å². The monoisotopic (exact) mass is 491 g/mol. The summed E-state index contributed by atoms with van der Waals surface area (Å²) < 4.78 is 39.2. The Hall–Kier alpha value is -2.36. The maximum Gasteiger partial charge on any atom is 0.228 e. The van der Waals surface area contributed by atoms with Crippen LogP contribution in [0.15, 0.2) is 41.3 Å². The van der Waals surface area contributed by atoms with Crippen LogP contribution in [0.25, 0.3) is 10.2 Å². The van der Waals surface area contributed by atoms with Crippen molar-refractivity contribution in [3.63, 3.8) is 0 Å². The first-order chi connectivity index (χ1) is 15.6. The minimum absolute atomic E-state index is 0.0659. The third-order valence-electron chi connectivity index (χ3n) is 5.31. The van der Waals surface area contributed by atoms with E-state index in [1.807, 2.05) is 27.9 Å². The summed E-state index contributed by atoms with van der Waals surface area (Å²) in [5.41, 5.74) is 3.11. The van der Waals surface area contributed by atoms with E-state index in [4.69, 9.17) is 4.98 Å². The zero-order valence-corrected chi connectivity index (χ0v) is 21.1. The Bertz CT molecular complexity index is 1220. The van der Waals surface area contributed by atoms with E-state index in [1.165, 1.54) is 23.5 Å². The molecular formula is C24H30FN3O3S2. The molecule has 1 heterocycles. The number of carbonyl (C=O) groups is 1. The number of thiazole rings is 1. The Kier molecular flexibility index (Phi) is 8.20. The molecule has 9 heteroatoms. The molecule has 33 heavy (non-hydrogen) atoms. The molecule has 0 atom stereocenters. The van der Waals surface area contributed by atoms with Gasteiger partial charge in [0.15, 0.2) is 15.0 Å². The maximum atomic E-state index is 13.1. The molecule has 0 spiro atoms. The van der Waals surface area contributed by atoms with Crippen LogP contribution >= 0.6 is 11.3 Å². The third kappa shape index (κ3) is 6.59. The van der Waals surface area contributed by atoms with Crippen molar-refractivity contribution in [2.24, 2.45) is 0 Å². The van der Waals surface area contributed by atoms with Crippen molar-refractivity contribution in [3.8, 4) is 0 Å². The first-order valence-corrected chi connectivity index (χ1v) is 13.3. The number of fused-ring (bicyclic) bond motifs is 1. The zero-order valence-electron chi connectivity index (χ0n) is 19.5. The number of anilines is 1. The number of benzene rings is 2. The molecule has 1 amide bonds. The van der Waals surface area contributed by atoms with Crippen molar-refractivity contribution < 1.29 is 17.6 Å². The van der Waals surface area contributed by atoms with Gasteiger partial charge in [0.25, 0.3) is 0 Å². The maximum absolute atomic E-state index is 13.1. The van der Waals surface area contributed by atoms with Gasteiger partial charge in [-0.3, -0.25) is 9.69 Å². The number of sulfone groups is 1. The Morgan fingerprint density at radius 2 is 1.76 bits per heavy atom. The summed E-state index contributed by atoms with van der Waals surface area (Å²) >= 11 is 1.48. The first-order valence-electron chi connectivity index (χ1n) is 10.9. The van der Waals surface area contributed by atoms with E-state index in [9.17, 15) is 17.6 Å². The second-order valence-corrected chi connectivity index (χ2v) is 11.6. The second-order valence-electron chi connectivity index (χ2n) is 8.50. The number of amides is 1. The van der Waals surface area contributed by atoms with Crippen LogP contribution in [0.3, 0.4) is 0 Å². The van der Waals surface area contributed by atoms with Crippen molar-refractivity contribution >= 4 is 42.4 Å². The topological polar surface area (TPSA) is 70.6 Å². The predicted molar refractivity (Wildman–Crippen MR) is 132 cm³/mol. The van der Waals surface area contributed by atoms with Crippen LogP contribution in [0, 0.1) is 19.7 Å². The van der Waals surface area contributed by atoms with Gasteiger partial charge in [0.1, 0.15) is 5.82 Å². The van der Waals surface area contributed by atoms with E-state index in [2.05, 4.69) is 17.0 Å². The fourth-order valence-electron chi connectivity index (χ4n) is 3.65. The van der Waals surface area contributed by atoms with Gasteiger partial charge in [-0.25, -0.2) is 17.8 Å². The molecule has 0 aliphatic heterocycles. The normalized spacial score (nSPS) is 11.9. The van der Waals surface area contributed by atoms with Crippen molar-refractivity contribution in [1.82, 2.24) is 9.88 Å². The van der Waals surface area contributed by atoms with E-state index >= 15 is 0 Å². The van der Waals surface area contributed by atoms with Gasteiger partial charge < -0.3 is 4.90 Å². The number of halogens is 1. The summed E-state index contributed by atoms with van der Waals surface area (Å²) in [6, 6.07) is 8.91. The molecule has 0 radical (unpaired) electrons. The molecule has 3 aromatic rings. The molecule has 1 aromatic heterocycles. The predicted octanol–water partition coefficient (Wildman–Crippen LogP) is 4.59. The fourth-order valence-corrected chi connectivity index (χ4v) is 6.15. The minimum Gasteiger partial charge on any atom is -0.309 e. The van der Waals surface area contributed by atoms with Gasteiger partial charge in [0.05, 0.1) is 20.9 Å². The molecule has 0 saturated heterocycles. The summed E-state index contributed by atoms with van der Waals surface area (Å²) in [7, 11) is 0.386. The fraction of sp³-hybridized carbons (Fsp3) is 0.417. The smallest absolute Gasteiger partial charge is 0.228 e. The number of hydrogen-bond acceptors (Lipinski definition) is 6. The van der Waals surface area contributed by atoms with Gasteiger partial charge in [0.2, 0.25) is 5.91 Å². The van der Waals surface area contributed by atoms with Gasteiger partial charge in [0, 0.05) is 13.0 Å². The lowest BCUT2D eigenvalue weighted by Crippen LogP contribution is -2.33. The molecule has 178 valence electrons. The van der Waals surface area contributed by atoms with Crippen molar-refractivity contribution in [2.75, 3.05) is 37.8 Å². The van der Waals surface area contributed by atoms with Gasteiger partial charge in [-0.05, 0) is 88.8 Å². The van der Waals surface area contributed by atoms with Crippen LogP contribution in [0.5, 0.6) is 0 Å². The Morgan fingerprint density at radius 1 is 1.06 bits per heavy atom. The number of carbonyl (C=O) groups excluding carboxylic acids is 1. The molecule has 0 aliphatic carbocycles. The van der Waals surface area contributed by atoms with Gasteiger partial charge in [-0.2, -0.15) is 0 Å². The second kappa shape index (κ2) is 10.7. The van der Waals surface area contributed by atoms with Crippen molar-refractivity contribution in [3.05, 3.63) is 53.3 Å². The van der Waals surface area contributed by atoms with Crippen molar-refractivity contribution in [2.45, 2.75) is 38.0 Å². The SMILES string of the molecule is Cc1cc(C)c2nc(N(CCCN(C)C)C(=O)CCCS(=O)(=O)c3ccc(F)cc3)sc2c1. The van der Waals surface area contributed by atoms with Gasteiger partial charge in [-0.15, -0.1) is 0 Å². The average Bonchev–Trinajstić information content (AvgIpc) is 3.15. The summed E-state index contributed by atoms with van der Waals surface area (Å²) in [6.45, 7) is 5.38. The first kappa shape index (κ1) is 25.3. The standard InChI is InChI=1S/C24H30FN3O3S2/c1-17-15-18(2)23-21(16-17)32-24(26-23)28(13-6-12-27(3)4)22(29)7-5-14-33(30,31)20-10-8-19(25)9-11-20/h8-11,15-16H,5-7,12-14H2,1-4H3. The third-order valence-corrected chi connectivity index (χ3v) is 8.16. The molecule has 0 bridgehead atoms. The largest absolute Gasteiger partial charge is 0.309 e. The highest BCUT2D eigenvalue weighted by Crippen LogP contribution is 2.32. The molecule has 0 unspecified atom stereocenters. The minimum atomic E-state index is -3.58. The zero-order chi connectivity index (χ0) is 24.2. The van der Waals surface area contributed by atoms with Gasteiger partial charge >= 0.3 is 0 Å². The van der Waals surface area contributed by atoms with E-state index in [0.717, 1.165) is 46.4 Å². The number of hydrogen-bond donors (Lipinski definition) is 0. The van der Waals surface area contributed by atoms with Crippen LogP contribution in [0.4, 0.5) is 9.52 Å². The lowest BCUT2D eigenvalue weighted by Gasteiger charge is -2.21. The molecular weight excluding hydrogens is 461 g/mol. The lowest BCUT2D eigenvalue weighted by molar-refractivity contribution is -0.118. The molecule has 0 saturated carbocycles. The van der Waals surface area contributed by atoms with Crippen LogP contribution in [0.2, 0.25) is 0 Å². The Balaban J connectivity index is 1.74. The molecule has 2 aromatic carbocycles. The van der Waals surface area contributed by atoms with Crippen LogP contribution < -0.4 is 4.90 Å². The average molecular weight is 492 g/mol. The van der Waals surface area contributed by atoms with E-state index < -0.39 is 15.7 Å². The highest BCUT2D eigenvalue weighted by Gasteiger charge is 2.22. The number of aryl methyl sites for hydroxylation is 2. The van der Waals surface area contributed by atoms with E-state index in [-0.39, 0.29) is 29.4 Å². The van der Waals surface area contributed by atoms with Crippen LogP contribution in [0.1, 0.15) is 30.4 Å². The highest BCUT2D eigenvalue weighted by atomic mass is 32.2. The lowest BCUT2D eigenvalue weighted by atomic mass is 10.1. The summed E-state index contributed by atoms with van der Waals surface area (Å²) in [5.74, 6) is -0.802. The molecule has 6 nitrogen and oxygen atoms in total. The highest BCUT2D eigenvalue weighted by molar-refractivity contribution is 7.91. The number of nitrogens with zero attached hydrogens (tertiary/aromatic N) is 3. The summed E-state index contributed by atoms with van der Waals surface area (Å²) in [5, 5.41) is 0.642. The van der Waals surface area contributed by atoms with E-state index in [1.54, 1.807) is 4.90 Å². The van der Waals surface area contributed by atoms with Crippen LogP contribution in [-0.2, 0) is 14.6 Å². The molecule has 3 rings (SSSR count). The molecule has 0 N–H and O–H groups in total. The Morgan fingerprint density at radius 3 is 2.42 bits per heavy atom.